The Morgan fingerprint density at radius 1 is 1.14 bits per heavy atom. The van der Waals surface area contributed by atoms with Crippen LogP contribution in [0.5, 0.6) is 0 Å². The molecule has 1 aliphatic heterocycles. The SMILES string of the molecule is Cc1noc(C)c1S(=O)(=O)NCC1CN(c2ccc(-c3ccncc3)nn2)C1. The van der Waals surface area contributed by atoms with E-state index in [1.54, 1.807) is 26.2 Å². The van der Waals surface area contributed by atoms with Gasteiger partial charge in [-0.25, -0.2) is 13.1 Å². The minimum atomic E-state index is -3.63. The molecule has 3 aromatic heterocycles. The molecule has 0 bridgehead atoms. The first-order chi connectivity index (χ1) is 13.4. The summed E-state index contributed by atoms with van der Waals surface area (Å²) >= 11 is 0. The summed E-state index contributed by atoms with van der Waals surface area (Å²) < 4.78 is 32.5. The summed E-state index contributed by atoms with van der Waals surface area (Å²) in [6.45, 7) is 4.99. The molecule has 1 N–H and O–H groups in total. The summed E-state index contributed by atoms with van der Waals surface area (Å²) in [5.41, 5.74) is 2.12. The minimum Gasteiger partial charge on any atom is -0.360 e. The van der Waals surface area contributed by atoms with E-state index in [1.807, 2.05) is 24.3 Å². The third kappa shape index (κ3) is 3.60. The van der Waals surface area contributed by atoms with Crippen molar-refractivity contribution in [2.24, 2.45) is 5.92 Å². The summed E-state index contributed by atoms with van der Waals surface area (Å²) in [7, 11) is -3.63. The largest absolute Gasteiger partial charge is 0.360 e. The maximum atomic E-state index is 12.5. The van der Waals surface area contributed by atoms with Gasteiger partial charge in [0.1, 0.15) is 10.6 Å². The highest BCUT2D eigenvalue weighted by Crippen LogP contribution is 2.25. The molecule has 0 spiro atoms. The topological polar surface area (TPSA) is 114 Å². The van der Waals surface area contributed by atoms with Gasteiger partial charge in [0.25, 0.3) is 0 Å². The average Bonchev–Trinajstić information content (AvgIpc) is 3.01. The highest BCUT2D eigenvalue weighted by Gasteiger charge is 2.31. The van der Waals surface area contributed by atoms with E-state index in [0.717, 1.165) is 17.1 Å². The zero-order chi connectivity index (χ0) is 19.7. The molecule has 146 valence electrons. The fraction of sp³-hybridized carbons (Fsp3) is 0.333. The first kappa shape index (κ1) is 18.5. The van der Waals surface area contributed by atoms with E-state index >= 15 is 0 Å². The number of nitrogens with zero attached hydrogens (tertiary/aromatic N) is 5. The number of pyridine rings is 1. The fourth-order valence-corrected chi connectivity index (χ4v) is 4.66. The number of anilines is 1. The van der Waals surface area contributed by atoms with Crippen molar-refractivity contribution in [1.29, 1.82) is 0 Å². The van der Waals surface area contributed by atoms with Crippen molar-refractivity contribution in [1.82, 2.24) is 25.1 Å². The molecule has 0 atom stereocenters. The normalized spacial score (nSPS) is 14.9. The lowest BCUT2D eigenvalue weighted by molar-refractivity contribution is 0.390. The van der Waals surface area contributed by atoms with Gasteiger partial charge in [-0.2, -0.15) is 0 Å². The number of hydrogen-bond donors (Lipinski definition) is 1. The quantitative estimate of drug-likeness (QED) is 0.663. The third-order valence-corrected chi connectivity index (χ3v) is 6.37. The lowest BCUT2D eigenvalue weighted by atomic mass is 10.0. The van der Waals surface area contributed by atoms with Gasteiger partial charge >= 0.3 is 0 Å². The van der Waals surface area contributed by atoms with Crippen LogP contribution in [0.3, 0.4) is 0 Å². The van der Waals surface area contributed by atoms with Crippen LogP contribution in [0.1, 0.15) is 11.5 Å². The monoisotopic (exact) mass is 400 g/mol. The second-order valence-electron chi connectivity index (χ2n) is 6.79. The highest BCUT2D eigenvalue weighted by atomic mass is 32.2. The van der Waals surface area contributed by atoms with Crippen LogP contribution in [-0.2, 0) is 10.0 Å². The molecule has 1 aliphatic rings. The van der Waals surface area contributed by atoms with Gasteiger partial charge in [-0.15, -0.1) is 10.2 Å². The van der Waals surface area contributed by atoms with Crippen molar-refractivity contribution in [3.05, 3.63) is 48.1 Å². The number of nitrogens with one attached hydrogen (secondary N) is 1. The second-order valence-corrected chi connectivity index (χ2v) is 8.49. The minimum absolute atomic E-state index is 0.126. The van der Waals surface area contributed by atoms with Crippen molar-refractivity contribution in [2.45, 2.75) is 18.7 Å². The lowest BCUT2D eigenvalue weighted by Crippen LogP contribution is -2.51. The molecule has 4 rings (SSSR count). The molecule has 0 unspecified atom stereocenters. The van der Waals surface area contributed by atoms with Gasteiger partial charge in [0, 0.05) is 43.5 Å². The number of rotatable bonds is 6. The van der Waals surface area contributed by atoms with Gasteiger partial charge in [-0.3, -0.25) is 4.98 Å². The molecular weight excluding hydrogens is 380 g/mol. The summed E-state index contributed by atoms with van der Waals surface area (Å²) in [5, 5.41) is 12.3. The van der Waals surface area contributed by atoms with Crippen molar-refractivity contribution in [3.8, 4) is 11.3 Å². The van der Waals surface area contributed by atoms with Gasteiger partial charge < -0.3 is 9.42 Å². The van der Waals surface area contributed by atoms with Gasteiger partial charge in [-0.1, -0.05) is 5.16 Å². The number of aromatic nitrogens is 4. The standard InChI is InChI=1S/C18H20N6O3S/c1-12-18(13(2)27-23-12)28(25,26)20-9-14-10-24(11-14)17-4-3-16(21-22-17)15-5-7-19-8-6-15/h3-8,14,20H,9-11H2,1-2H3. The lowest BCUT2D eigenvalue weighted by Gasteiger charge is -2.39. The van der Waals surface area contributed by atoms with Crippen LogP contribution in [-0.4, -0.2) is 48.4 Å². The van der Waals surface area contributed by atoms with Crippen LogP contribution in [0.25, 0.3) is 11.3 Å². The van der Waals surface area contributed by atoms with Gasteiger partial charge in [0.15, 0.2) is 11.6 Å². The number of sulfonamides is 1. The zero-order valence-corrected chi connectivity index (χ0v) is 16.3. The molecule has 10 heteroatoms. The van der Waals surface area contributed by atoms with E-state index in [0.29, 0.717) is 31.1 Å². The Morgan fingerprint density at radius 3 is 2.50 bits per heavy atom. The predicted molar refractivity (Wildman–Crippen MR) is 102 cm³/mol. The van der Waals surface area contributed by atoms with Crippen molar-refractivity contribution < 1.29 is 12.9 Å². The zero-order valence-electron chi connectivity index (χ0n) is 15.5. The Morgan fingerprint density at radius 2 is 1.89 bits per heavy atom. The Kier molecular flexibility index (Phi) is 4.82. The molecule has 0 radical (unpaired) electrons. The molecule has 9 nitrogen and oxygen atoms in total. The average molecular weight is 400 g/mol. The number of aryl methyl sites for hydroxylation is 2. The van der Waals surface area contributed by atoms with E-state index in [9.17, 15) is 8.42 Å². The molecule has 0 amide bonds. The summed E-state index contributed by atoms with van der Waals surface area (Å²) in [4.78, 5) is 6.19. The Balaban J connectivity index is 1.33. The maximum absolute atomic E-state index is 12.5. The van der Waals surface area contributed by atoms with E-state index in [4.69, 9.17) is 4.52 Å². The van der Waals surface area contributed by atoms with Crippen LogP contribution < -0.4 is 9.62 Å². The van der Waals surface area contributed by atoms with Crippen molar-refractivity contribution in [3.63, 3.8) is 0 Å². The first-order valence-corrected chi connectivity index (χ1v) is 10.3. The summed E-state index contributed by atoms with van der Waals surface area (Å²) in [6.07, 6.45) is 3.43. The highest BCUT2D eigenvalue weighted by molar-refractivity contribution is 7.89. The molecule has 3 aromatic rings. The van der Waals surface area contributed by atoms with E-state index in [-0.39, 0.29) is 10.8 Å². The van der Waals surface area contributed by atoms with E-state index < -0.39 is 10.0 Å². The van der Waals surface area contributed by atoms with Crippen molar-refractivity contribution >= 4 is 15.8 Å². The summed E-state index contributed by atoms with van der Waals surface area (Å²) in [5.74, 6) is 1.28. The van der Waals surface area contributed by atoms with E-state index in [2.05, 4.69) is 30.0 Å². The Bertz CT molecular complexity index is 1040. The van der Waals surface area contributed by atoms with Gasteiger partial charge in [-0.05, 0) is 38.1 Å². The van der Waals surface area contributed by atoms with Crippen LogP contribution >= 0.6 is 0 Å². The third-order valence-electron chi connectivity index (χ3n) is 4.71. The molecule has 4 heterocycles. The molecule has 1 saturated heterocycles. The molecule has 0 aromatic carbocycles. The summed E-state index contributed by atoms with van der Waals surface area (Å²) in [6, 6.07) is 7.61. The molecule has 1 fully saturated rings. The predicted octanol–water partition coefficient (Wildman–Crippen LogP) is 1.56. The van der Waals surface area contributed by atoms with Gasteiger partial charge in [0.2, 0.25) is 10.0 Å². The Hall–Kier alpha value is -2.85. The van der Waals surface area contributed by atoms with Crippen molar-refractivity contribution in [2.75, 3.05) is 24.5 Å². The van der Waals surface area contributed by atoms with Gasteiger partial charge in [0.05, 0.1) is 5.69 Å². The molecule has 0 saturated carbocycles. The fourth-order valence-electron chi connectivity index (χ4n) is 3.21. The second kappa shape index (κ2) is 7.28. The van der Waals surface area contributed by atoms with Crippen LogP contribution in [0, 0.1) is 19.8 Å². The Labute approximate surface area is 162 Å². The smallest absolute Gasteiger partial charge is 0.245 e. The maximum Gasteiger partial charge on any atom is 0.245 e. The van der Waals surface area contributed by atoms with Crippen LogP contribution in [0.15, 0.2) is 46.1 Å². The molecule has 28 heavy (non-hydrogen) atoms. The molecular formula is C18H20N6O3S. The van der Waals surface area contributed by atoms with Crippen LogP contribution in [0.2, 0.25) is 0 Å². The van der Waals surface area contributed by atoms with Crippen LogP contribution in [0.4, 0.5) is 5.82 Å². The number of hydrogen-bond acceptors (Lipinski definition) is 8. The van der Waals surface area contributed by atoms with E-state index in [1.165, 1.54) is 0 Å². The first-order valence-electron chi connectivity index (χ1n) is 8.85. The molecule has 0 aliphatic carbocycles.